The molecule has 1 aliphatic rings. The summed E-state index contributed by atoms with van der Waals surface area (Å²) in [6, 6.07) is -0.289. The summed E-state index contributed by atoms with van der Waals surface area (Å²) < 4.78 is 0. The molecule has 1 fully saturated rings. The topological polar surface area (TPSA) is 46.3 Å². The van der Waals surface area contributed by atoms with Gasteiger partial charge in [-0.2, -0.15) is 11.8 Å². The molecule has 2 atom stereocenters. The van der Waals surface area contributed by atoms with Crippen LogP contribution in [0.3, 0.4) is 0 Å². The lowest BCUT2D eigenvalue weighted by Crippen LogP contribution is -2.48. The number of hydrogen-bond donors (Lipinski definition) is 1. The summed E-state index contributed by atoms with van der Waals surface area (Å²) in [4.78, 5) is 14.1. The highest BCUT2D eigenvalue weighted by atomic mass is 32.2. The standard InChI is InChI=1S/C13H26N2OS/c1-3-5-11-6-4-8-15(10-11)13(16)12(14)7-9-17-2/h11-12H,3-10,14H2,1-2H3/t11?,12-/m0/s1. The SMILES string of the molecule is CCCC1CCCN(C(=O)[C@@H](N)CCSC)C1. The molecule has 1 saturated heterocycles. The molecule has 0 aromatic carbocycles. The van der Waals surface area contributed by atoms with E-state index in [0.717, 1.165) is 31.7 Å². The van der Waals surface area contributed by atoms with Gasteiger partial charge in [0.2, 0.25) is 5.91 Å². The van der Waals surface area contributed by atoms with Crippen LogP contribution in [0.5, 0.6) is 0 Å². The van der Waals surface area contributed by atoms with Crippen molar-refractivity contribution in [2.24, 2.45) is 11.7 Å². The van der Waals surface area contributed by atoms with Crippen LogP contribution in [0, 0.1) is 5.92 Å². The maximum absolute atomic E-state index is 12.1. The van der Waals surface area contributed by atoms with Gasteiger partial charge in [0.1, 0.15) is 0 Å². The van der Waals surface area contributed by atoms with Crippen molar-refractivity contribution in [1.82, 2.24) is 4.90 Å². The molecule has 1 amide bonds. The molecule has 2 N–H and O–H groups in total. The van der Waals surface area contributed by atoms with Crippen LogP contribution in [0.4, 0.5) is 0 Å². The van der Waals surface area contributed by atoms with E-state index in [1.54, 1.807) is 11.8 Å². The molecule has 0 bridgehead atoms. The lowest BCUT2D eigenvalue weighted by molar-refractivity contribution is -0.134. The number of likely N-dealkylation sites (tertiary alicyclic amines) is 1. The van der Waals surface area contributed by atoms with Crippen LogP contribution in [0.25, 0.3) is 0 Å². The van der Waals surface area contributed by atoms with E-state index in [1.807, 2.05) is 4.90 Å². The Balaban J connectivity index is 2.39. The van der Waals surface area contributed by atoms with Crippen molar-refractivity contribution in [3.63, 3.8) is 0 Å². The summed E-state index contributed by atoms with van der Waals surface area (Å²) >= 11 is 1.75. The largest absolute Gasteiger partial charge is 0.341 e. The zero-order valence-corrected chi connectivity index (χ0v) is 12.0. The maximum atomic E-state index is 12.1. The first kappa shape index (κ1) is 14.8. The molecule has 0 radical (unpaired) electrons. The third kappa shape index (κ3) is 4.88. The summed E-state index contributed by atoms with van der Waals surface area (Å²) in [7, 11) is 0. The fourth-order valence-electron chi connectivity index (χ4n) is 2.51. The van der Waals surface area contributed by atoms with Gasteiger partial charge in [0.15, 0.2) is 0 Å². The fraction of sp³-hybridized carbons (Fsp3) is 0.923. The number of nitrogens with two attached hydrogens (primary N) is 1. The van der Waals surface area contributed by atoms with Gasteiger partial charge in [-0.1, -0.05) is 13.3 Å². The van der Waals surface area contributed by atoms with Gasteiger partial charge in [-0.05, 0) is 43.6 Å². The number of rotatable bonds is 6. The molecule has 0 spiro atoms. The number of carbonyl (C=O) groups is 1. The minimum absolute atomic E-state index is 0.167. The first-order valence-corrected chi connectivity index (χ1v) is 8.11. The molecule has 0 aromatic rings. The van der Waals surface area contributed by atoms with Crippen molar-refractivity contribution < 1.29 is 4.79 Å². The number of hydrogen-bond acceptors (Lipinski definition) is 3. The smallest absolute Gasteiger partial charge is 0.239 e. The normalized spacial score (nSPS) is 22.5. The molecule has 1 heterocycles. The average Bonchev–Trinajstić information content (AvgIpc) is 2.35. The summed E-state index contributed by atoms with van der Waals surface area (Å²) in [5.41, 5.74) is 5.95. The zero-order chi connectivity index (χ0) is 12.7. The predicted molar refractivity (Wildman–Crippen MR) is 75.2 cm³/mol. The van der Waals surface area contributed by atoms with Crippen molar-refractivity contribution in [3.05, 3.63) is 0 Å². The zero-order valence-electron chi connectivity index (χ0n) is 11.2. The van der Waals surface area contributed by atoms with E-state index >= 15 is 0 Å². The van der Waals surface area contributed by atoms with Crippen LogP contribution >= 0.6 is 11.8 Å². The van der Waals surface area contributed by atoms with E-state index in [2.05, 4.69) is 13.2 Å². The lowest BCUT2D eigenvalue weighted by atomic mass is 9.93. The fourth-order valence-corrected chi connectivity index (χ4v) is 3.00. The second-order valence-electron chi connectivity index (χ2n) is 4.97. The summed E-state index contributed by atoms with van der Waals surface area (Å²) in [5.74, 6) is 1.84. The summed E-state index contributed by atoms with van der Waals surface area (Å²) in [5, 5.41) is 0. The number of carbonyl (C=O) groups excluding carboxylic acids is 1. The van der Waals surface area contributed by atoms with Gasteiger partial charge in [-0.25, -0.2) is 0 Å². The highest BCUT2D eigenvalue weighted by Gasteiger charge is 2.26. The van der Waals surface area contributed by atoms with E-state index in [0.29, 0.717) is 5.92 Å². The number of amides is 1. The summed E-state index contributed by atoms with van der Waals surface area (Å²) in [6.45, 7) is 4.05. The molecule has 1 rings (SSSR count). The maximum Gasteiger partial charge on any atom is 0.239 e. The molecule has 3 nitrogen and oxygen atoms in total. The minimum Gasteiger partial charge on any atom is -0.341 e. The van der Waals surface area contributed by atoms with Crippen LogP contribution in [-0.4, -0.2) is 41.9 Å². The molecule has 0 saturated carbocycles. The van der Waals surface area contributed by atoms with E-state index in [-0.39, 0.29) is 11.9 Å². The van der Waals surface area contributed by atoms with Gasteiger partial charge in [0.05, 0.1) is 6.04 Å². The molecule has 0 aromatic heterocycles. The van der Waals surface area contributed by atoms with Crippen LogP contribution in [-0.2, 0) is 4.79 Å². The van der Waals surface area contributed by atoms with Gasteiger partial charge in [0.25, 0.3) is 0 Å². The second-order valence-corrected chi connectivity index (χ2v) is 5.95. The minimum atomic E-state index is -0.289. The van der Waals surface area contributed by atoms with Gasteiger partial charge in [0, 0.05) is 13.1 Å². The van der Waals surface area contributed by atoms with Gasteiger partial charge < -0.3 is 10.6 Å². The third-order valence-electron chi connectivity index (χ3n) is 3.48. The summed E-state index contributed by atoms with van der Waals surface area (Å²) in [6.07, 6.45) is 7.72. The number of piperidine rings is 1. The highest BCUT2D eigenvalue weighted by Crippen LogP contribution is 2.21. The van der Waals surface area contributed by atoms with Crippen molar-refractivity contribution >= 4 is 17.7 Å². The van der Waals surface area contributed by atoms with Gasteiger partial charge in [-0.15, -0.1) is 0 Å². The molecule has 0 aliphatic carbocycles. The second kappa shape index (κ2) is 7.98. The van der Waals surface area contributed by atoms with E-state index in [4.69, 9.17) is 5.73 Å². The third-order valence-corrected chi connectivity index (χ3v) is 4.12. The number of nitrogens with zero attached hydrogens (tertiary/aromatic N) is 1. The van der Waals surface area contributed by atoms with Crippen LogP contribution < -0.4 is 5.73 Å². The Hall–Kier alpha value is -0.220. The molecule has 17 heavy (non-hydrogen) atoms. The quantitative estimate of drug-likeness (QED) is 0.793. The molecule has 100 valence electrons. The average molecular weight is 258 g/mol. The van der Waals surface area contributed by atoms with Crippen LogP contribution in [0.1, 0.15) is 39.0 Å². The predicted octanol–water partition coefficient (Wildman–Crippen LogP) is 2.11. The van der Waals surface area contributed by atoms with Gasteiger partial charge in [-0.3, -0.25) is 4.79 Å². The molecular formula is C13H26N2OS. The Morgan fingerprint density at radius 2 is 2.35 bits per heavy atom. The number of thioether (sulfide) groups is 1. The lowest BCUT2D eigenvalue weighted by Gasteiger charge is -2.34. The Morgan fingerprint density at radius 1 is 1.59 bits per heavy atom. The monoisotopic (exact) mass is 258 g/mol. The van der Waals surface area contributed by atoms with Crippen LogP contribution in [0.2, 0.25) is 0 Å². The Kier molecular flexibility index (Phi) is 6.97. The Morgan fingerprint density at radius 3 is 3.00 bits per heavy atom. The molecular weight excluding hydrogens is 232 g/mol. The van der Waals surface area contributed by atoms with Crippen molar-refractivity contribution in [2.75, 3.05) is 25.1 Å². The highest BCUT2D eigenvalue weighted by molar-refractivity contribution is 7.98. The van der Waals surface area contributed by atoms with Gasteiger partial charge >= 0.3 is 0 Å². The van der Waals surface area contributed by atoms with Crippen molar-refractivity contribution in [1.29, 1.82) is 0 Å². The van der Waals surface area contributed by atoms with Crippen molar-refractivity contribution in [3.8, 4) is 0 Å². The first-order valence-electron chi connectivity index (χ1n) is 6.72. The van der Waals surface area contributed by atoms with E-state index in [1.165, 1.54) is 19.3 Å². The molecule has 4 heteroatoms. The van der Waals surface area contributed by atoms with E-state index < -0.39 is 0 Å². The Bertz CT molecular complexity index is 233. The first-order chi connectivity index (χ1) is 8.19. The Labute approximate surface area is 109 Å². The van der Waals surface area contributed by atoms with Crippen LogP contribution in [0.15, 0.2) is 0 Å². The molecule has 1 unspecified atom stereocenters. The molecule has 1 aliphatic heterocycles. The van der Waals surface area contributed by atoms with E-state index in [9.17, 15) is 4.79 Å². The van der Waals surface area contributed by atoms with Crippen molar-refractivity contribution in [2.45, 2.75) is 45.1 Å².